The molecule has 0 bridgehead atoms. The second kappa shape index (κ2) is 9.74. The van der Waals surface area contributed by atoms with E-state index in [1.165, 1.54) is 0 Å². The number of carbonyl (C=O) groups excluding carboxylic acids is 1. The molecular weight excluding hydrogens is 442 g/mol. The van der Waals surface area contributed by atoms with Crippen LogP contribution in [0.15, 0.2) is 54.7 Å². The van der Waals surface area contributed by atoms with Crippen LogP contribution in [0, 0.1) is 0 Å². The third-order valence-corrected chi connectivity index (χ3v) is 5.91. The molecule has 1 fully saturated rings. The van der Waals surface area contributed by atoms with E-state index in [1.54, 1.807) is 6.20 Å². The summed E-state index contributed by atoms with van der Waals surface area (Å²) in [4.78, 5) is 25.8. The van der Waals surface area contributed by atoms with Crippen molar-refractivity contribution in [1.29, 1.82) is 0 Å². The fourth-order valence-electron chi connectivity index (χ4n) is 3.95. The lowest BCUT2D eigenvalue weighted by Crippen LogP contribution is -2.45. The average molecular weight is 466 g/mol. The molecule has 0 spiro atoms. The number of fused-ring (bicyclic) bond motifs is 1. The van der Waals surface area contributed by atoms with E-state index in [0.717, 1.165) is 55.5 Å². The fraction of sp³-hybridized carbons (Fsp3) is 0.292. The van der Waals surface area contributed by atoms with Gasteiger partial charge in [-0.1, -0.05) is 17.7 Å². The van der Waals surface area contributed by atoms with Crippen LogP contribution in [0.1, 0.15) is 0 Å². The molecule has 3 heterocycles. The Bertz CT molecular complexity index is 1150. The number of halogens is 1. The molecule has 1 saturated heterocycles. The number of hydrogen-bond acceptors (Lipinski definition) is 7. The minimum absolute atomic E-state index is 0.0427. The number of morpholine rings is 1. The highest BCUT2D eigenvalue weighted by molar-refractivity contribution is 6.30. The average Bonchev–Trinajstić information content (AvgIpc) is 2.84. The zero-order chi connectivity index (χ0) is 22.6. The summed E-state index contributed by atoms with van der Waals surface area (Å²) in [7, 11) is 0. The maximum Gasteiger partial charge on any atom is 0.265 e. The largest absolute Gasteiger partial charge is 0.482 e. The van der Waals surface area contributed by atoms with E-state index in [1.807, 2.05) is 53.4 Å². The van der Waals surface area contributed by atoms with Crippen molar-refractivity contribution >= 4 is 34.8 Å². The predicted molar refractivity (Wildman–Crippen MR) is 127 cm³/mol. The molecule has 1 amide bonds. The highest BCUT2D eigenvalue weighted by atomic mass is 35.5. The Labute approximate surface area is 197 Å². The van der Waals surface area contributed by atoms with Crippen molar-refractivity contribution in [2.75, 3.05) is 56.2 Å². The number of aromatic nitrogens is 2. The molecular formula is C24H24ClN5O3. The maximum absolute atomic E-state index is 12.7. The number of hydrogen-bond donors (Lipinski definition) is 1. The third-order valence-electron chi connectivity index (χ3n) is 5.68. The van der Waals surface area contributed by atoms with Crippen LogP contribution in [0.2, 0.25) is 5.02 Å². The zero-order valence-electron chi connectivity index (χ0n) is 18.0. The zero-order valence-corrected chi connectivity index (χ0v) is 18.8. The minimum atomic E-state index is -0.0427. The van der Waals surface area contributed by atoms with Crippen LogP contribution in [0.4, 0.5) is 17.3 Å². The summed E-state index contributed by atoms with van der Waals surface area (Å²) in [6, 6.07) is 15.0. The number of nitrogens with zero attached hydrogens (tertiary/aromatic N) is 4. The monoisotopic (exact) mass is 465 g/mol. The van der Waals surface area contributed by atoms with E-state index in [2.05, 4.69) is 20.2 Å². The van der Waals surface area contributed by atoms with Gasteiger partial charge in [0.15, 0.2) is 6.61 Å². The first-order chi connectivity index (χ1) is 16.2. The predicted octanol–water partition coefficient (Wildman–Crippen LogP) is 3.60. The Morgan fingerprint density at radius 2 is 1.94 bits per heavy atom. The lowest BCUT2D eigenvalue weighted by atomic mass is 10.1. The topological polar surface area (TPSA) is 79.8 Å². The Morgan fingerprint density at radius 3 is 2.79 bits per heavy atom. The smallest absolute Gasteiger partial charge is 0.265 e. The van der Waals surface area contributed by atoms with Crippen molar-refractivity contribution in [3.63, 3.8) is 0 Å². The Hall–Kier alpha value is -3.20. The van der Waals surface area contributed by atoms with Gasteiger partial charge in [0.25, 0.3) is 5.91 Å². The Morgan fingerprint density at radius 1 is 1.06 bits per heavy atom. The van der Waals surface area contributed by atoms with Gasteiger partial charge in [-0.05, 0) is 42.5 Å². The number of nitrogens with one attached hydrogen (secondary N) is 1. The molecule has 33 heavy (non-hydrogen) atoms. The molecule has 1 aromatic heterocycles. The summed E-state index contributed by atoms with van der Waals surface area (Å²) >= 11 is 6.07. The van der Waals surface area contributed by atoms with Gasteiger partial charge in [-0.2, -0.15) is 0 Å². The fourth-order valence-corrected chi connectivity index (χ4v) is 4.14. The first kappa shape index (κ1) is 21.6. The SMILES string of the molecule is O=C1COc2ccc(-c3ccnc(Nc4cccc(Cl)c4)n3)cc2N1CCN1CCOCC1. The van der Waals surface area contributed by atoms with Crippen LogP contribution < -0.4 is 15.0 Å². The molecule has 5 rings (SSSR count). The van der Waals surface area contributed by atoms with Crippen molar-refractivity contribution in [1.82, 2.24) is 14.9 Å². The van der Waals surface area contributed by atoms with Gasteiger partial charge in [0.05, 0.1) is 24.6 Å². The molecule has 9 heteroatoms. The number of amides is 1. The summed E-state index contributed by atoms with van der Waals surface area (Å²) < 4.78 is 11.1. The molecule has 2 aromatic carbocycles. The third kappa shape index (κ3) is 5.08. The molecule has 2 aliphatic rings. The molecule has 170 valence electrons. The van der Waals surface area contributed by atoms with Crippen LogP contribution in [-0.4, -0.2) is 66.8 Å². The number of ether oxygens (including phenoxy) is 2. The van der Waals surface area contributed by atoms with Crippen LogP contribution in [0.5, 0.6) is 5.75 Å². The van der Waals surface area contributed by atoms with Crippen molar-refractivity contribution in [2.24, 2.45) is 0 Å². The first-order valence-corrected chi connectivity index (χ1v) is 11.3. The molecule has 0 unspecified atom stereocenters. The minimum Gasteiger partial charge on any atom is -0.482 e. The quantitative estimate of drug-likeness (QED) is 0.595. The molecule has 0 aliphatic carbocycles. The normalized spacial score (nSPS) is 16.3. The van der Waals surface area contributed by atoms with Crippen molar-refractivity contribution in [3.05, 3.63) is 59.8 Å². The van der Waals surface area contributed by atoms with E-state index in [4.69, 9.17) is 21.1 Å². The highest BCUT2D eigenvalue weighted by Crippen LogP contribution is 2.36. The number of anilines is 3. The molecule has 0 atom stereocenters. The van der Waals surface area contributed by atoms with Gasteiger partial charge in [-0.3, -0.25) is 9.69 Å². The van der Waals surface area contributed by atoms with Gasteiger partial charge in [0, 0.05) is 48.6 Å². The summed E-state index contributed by atoms with van der Waals surface area (Å²) in [6.45, 7) is 4.68. The van der Waals surface area contributed by atoms with Crippen molar-refractivity contribution in [2.45, 2.75) is 0 Å². The molecule has 2 aliphatic heterocycles. The van der Waals surface area contributed by atoms with Crippen molar-refractivity contribution in [3.8, 4) is 17.0 Å². The second-order valence-corrected chi connectivity index (χ2v) is 8.31. The van der Waals surface area contributed by atoms with Gasteiger partial charge in [-0.25, -0.2) is 9.97 Å². The van der Waals surface area contributed by atoms with E-state index in [0.29, 0.717) is 23.3 Å². The van der Waals surface area contributed by atoms with E-state index in [-0.39, 0.29) is 12.5 Å². The lowest BCUT2D eigenvalue weighted by Gasteiger charge is -2.33. The van der Waals surface area contributed by atoms with Crippen molar-refractivity contribution < 1.29 is 14.3 Å². The first-order valence-electron chi connectivity index (χ1n) is 10.9. The maximum atomic E-state index is 12.7. The van der Waals surface area contributed by atoms with Gasteiger partial charge in [0.1, 0.15) is 5.75 Å². The molecule has 0 saturated carbocycles. The van der Waals surface area contributed by atoms with E-state index in [9.17, 15) is 4.79 Å². The Balaban J connectivity index is 1.38. The van der Waals surface area contributed by atoms with E-state index >= 15 is 0 Å². The van der Waals surface area contributed by atoms with Crippen LogP contribution in [0.3, 0.4) is 0 Å². The van der Waals surface area contributed by atoms with Crippen LogP contribution >= 0.6 is 11.6 Å². The molecule has 3 aromatic rings. The van der Waals surface area contributed by atoms with Crippen LogP contribution in [-0.2, 0) is 9.53 Å². The van der Waals surface area contributed by atoms with Gasteiger partial charge < -0.3 is 19.7 Å². The number of carbonyl (C=O) groups is 1. The summed E-state index contributed by atoms with van der Waals surface area (Å²) in [5, 5.41) is 3.81. The Kier molecular flexibility index (Phi) is 6.39. The summed E-state index contributed by atoms with van der Waals surface area (Å²) in [6.07, 6.45) is 1.70. The number of rotatable bonds is 6. The van der Waals surface area contributed by atoms with Gasteiger partial charge in [-0.15, -0.1) is 0 Å². The second-order valence-electron chi connectivity index (χ2n) is 7.87. The molecule has 0 radical (unpaired) electrons. The summed E-state index contributed by atoms with van der Waals surface area (Å²) in [5.74, 6) is 1.12. The lowest BCUT2D eigenvalue weighted by molar-refractivity contribution is -0.121. The van der Waals surface area contributed by atoms with Gasteiger partial charge in [0.2, 0.25) is 5.95 Å². The van der Waals surface area contributed by atoms with Gasteiger partial charge >= 0.3 is 0 Å². The van der Waals surface area contributed by atoms with Crippen LogP contribution in [0.25, 0.3) is 11.3 Å². The molecule has 1 N–H and O–H groups in total. The highest BCUT2D eigenvalue weighted by Gasteiger charge is 2.26. The summed E-state index contributed by atoms with van der Waals surface area (Å²) in [5.41, 5.74) is 3.18. The number of benzene rings is 2. The molecule has 8 nitrogen and oxygen atoms in total. The van der Waals surface area contributed by atoms with E-state index < -0.39 is 0 Å². The standard InChI is InChI=1S/C24H24ClN5O3/c25-18-2-1-3-19(15-18)27-24-26-7-6-20(28-24)17-4-5-22-21(14-17)30(23(31)16-33-22)9-8-29-10-12-32-13-11-29/h1-7,14-15H,8-13,16H2,(H,26,27,28).